The van der Waals surface area contributed by atoms with Gasteiger partial charge in [-0.1, -0.05) is 30.3 Å². The van der Waals surface area contributed by atoms with E-state index in [1.54, 1.807) is 0 Å². The number of rotatable bonds is 6. The highest BCUT2D eigenvalue weighted by Crippen LogP contribution is 2.39. The summed E-state index contributed by atoms with van der Waals surface area (Å²) in [7, 11) is 0. The predicted octanol–water partition coefficient (Wildman–Crippen LogP) is 3.73. The number of nitrogens with zero attached hydrogens (tertiary/aromatic N) is 3. The molecular formula is C22H30N4O. The van der Waals surface area contributed by atoms with Gasteiger partial charge in [-0.3, -0.25) is 0 Å². The SMILES string of the molecule is Cc1cnc(C2CC2)n1CC1CCCN(C(=O)NCCc2ccccc2)C1. The quantitative estimate of drug-likeness (QED) is 0.847. The van der Waals surface area contributed by atoms with Crippen molar-refractivity contribution in [3.63, 3.8) is 0 Å². The highest BCUT2D eigenvalue weighted by molar-refractivity contribution is 5.74. The largest absolute Gasteiger partial charge is 0.338 e. The summed E-state index contributed by atoms with van der Waals surface area (Å²) < 4.78 is 2.40. The van der Waals surface area contributed by atoms with Crippen molar-refractivity contribution >= 4 is 6.03 Å². The third-order valence-corrected chi connectivity index (χ3v) is 5.81. The lowest BCUT2D eigenvalue weighted by Gasteiger charge is -2.33. The van der Waals surface area contributed by atoms with Gasteiger partial charge in [-0.15, -0.1) is 0 Å². The lowest BCUT2D eigenvalue weighted by atomic mass is 9.98. The molecule has 2 heterocycles. The number of aryl methyl sites for hydroxylation is 1. The Labute approximate surface area is 161 Å². The van der Waals surface area contributed by atoms with Crippen LogP contribution in [0.15, 0.2) is 36.5 Å². The van der Waals surface area contributed by atoms with Crippen LogP contribution < -0.4 is 5.32 Å². The van der Waals surface area contributed by atoms with Crippen LogP contribution in [0.5, 0.6) is 0 Å². The second-order valence-corrected chi connectivity index (χ2v) is 8.06. The maximum absolute atomic E-state index is 12.6. The molecule has 1 aromatic carbocycles. The van der Waals surface area contributed by atoms with Crippen LogP contribution >= 0.6 is 0 Å². The lowest BCUT2D eigenvalue weighted by molar-refractivity contribution is 0.159. The van der Waals surface area contributed by atoms with Crippen molar-refractivity contribution in [2.75, 3.05) is 19.6 Å². The predicted molar refractivity (Wildman–Crippen MR) is 107 cm³/mol. The van der Waals surface area contributed by atoms with Crippen molar-refractivity contribution in [3.05, 3.63) is 53.6 Å². The number of nitrogens with one attached hydrogen (secondary N) is 1. The molecule has 5 nitrogen and oxygen atoms in total. The minimum atomic E-state index is 0.0837. The van der Waals surface area contributed by atoms with E-state index >= 15 is 0 Å². The zero-order valence-corrected chi connectivity index (χ0v) is 16.2. The van der Waals surface area contributed by atoms with E-state index in [0.29, 0.717) is 18.4 Å². The molecule has 2 fully saturated rings. The summed E-state index contributed by atoms with van der Waals surface area (Å²) >= 11 is 0. The molecular weight excluding hydrogens is 336 g/mol. The molecule has 2 amide bonds. The molecule has 1 aliphatic carbocycles. The van der Waals surface area contributed by atoms with Crippen LogP contribution in [0.4, 0.5) is 4.79 Å². The van der Waals surface area contributed by atoms with Gasteiger partial charge in [0.05, 0.1) is 0 Å². The fourth-order valence-corrected chi connectivity index (χ4v) is 4.11. The van der Waals surface area contributed by atoms with E-state index in [-0.39, 0.29) is 6.03 Å². The minimum absolute atomic E-state index is 0.0837. The molecule has 2 aliphatic rings. The Kier molecular flexibility index (Phi) is 5.46. The summed E-state index contributed by atoms with van der Waals surface area (Å²) in [6.45, 7) is 5.54. The molecule has 5 heteroatoms. The Bertz CT molecular complexity index is 766. The molecule has 1 aliphatic heterocycles. The first kappa shape index (κ1) is 18.1. The zero-order chi connectivity index (χ0) is 18.6. The first-order chi connectivity index (χ1) is 13.2. The van der Waals surface area contributed by atoms with Crippen LogP contribution in [0.3, 0.4) is 0 Å². The molecule has 2 aromatic rings. The average molecular weight is 367 g/mol. The van der Waals surface area contributed by atoms with Crippen LogP contribution in [-0.4, -0.2) is 40.1 Å². The number of carbonyl (C=O) groups is 1. The first-order valence-electron chi connectivity index (χ1n) is 10.3. The summed E-state index contributed by atoms with van der Waals surface area (Å²) in [4.78, 5) is 19.2. The first-order valence-corrected chi connectivity index (χ1v) is 10.3. The number of benzene rings is 1. The number of aromatic nitrogens is 2. The highest BCUT2D eigenvalue weighted by Gasteiger charge is 2.30. The number of imidazole rings is 1. The second kappa shape index (κ2) is 8.15. The van der Waals surface area contributed by atoms with Crippen LogP contribution in [0, 0.1) is 12.8 Å². The fraction of sp³-hybridized carbons (Fsp3) is 0.545. The number of urea groups is 1. The third-order valence-electron chi connectivity index (χ3n) is 5.81. The summed E-state index contributed by atoms with van der Waals surface area (Å²) in [5, 5.41) is 3.10. The van der Waals surface area contributed by atoms with E-state index in [1.807, 2.05) is 29.3 Å². The molecule has 1 N–H and O–H groups in total. The van der Waals surface area contributed by atoms with Gasteiger partial charge in [0, 0.05) is 44.0 Å². The molecule has 1 saturated carbocycles. The third kappa shape index (κ3) is 4.52. The van der Waals surface area contributed by atoms with Crippen LogP contribution in [0.2, 0.25) is 0 Å². The van der Waals surface area contributed by atoms with Gasteiger partial charge < -0.3 is 14.8 Å². The Morgan fingerprint density at radius 1 is 1.22 bits per heavy atom. The molecule has 4 rings (SSSR count). The lowest BCUT2D eigenvalue weighted by Crippen LogP contribution is -2.46. The number of hydrogen-bond donors (Lipinski definition) is 1. The van der Waals surface area contributed by atoms with Gasteiger partial charge in [0.1, 0.15) is 5.82 Å². The summed E-state index contributed by atoms with van der Waals surface area (Å²) in [6, 6.07) is 10.4. The maximum atomic E-state index is 12.6. The molecule has 1 atom stereocenters. The molecule has 1 saturated heterocycles. The molecule has 0 radical (unpaired) electrons. The monoisotopic (exact) mass is 366 g/mol. The van der Waals surface area contributed by atoms with Crippen molar-refractivity contribution in [2.45, 2.75) is 51.5 Å². The minimum Gasteiger partial charge on any atom is -0.338 e. The maximum Gasteiger partial charge on any atom is 0.317 e. The van der Waals surface area contributed by atoms with Crippen molar-refractivity contribution in [3.8, 4) is 0 Å². The molecule has 0 spiro atoms. The molecule has 27 heavy (non-hydrogen) atoms. The van der Waals surface area contributed by atoms with Gasteiger partial charge in [0.2, 0.25) is 0 Å². The van der Waals surface area contributed by atoms with E-state index in [4.69, 9.17) is 0 Å². The zero-order valence-electron chi connectivity index (χ0n) is 16.2. The van der Waals surface area contributed by atoms with E-state index in [2.05, 4.69) is 33.9 Å². The summed E-state index contributed by atoms with van der Waals surface area (Å²) in [6.07, 6.45) is 7.71. The number of likely N-dealkylation sites (tertiary alicyclic amines) is 1. The molecule has 144 valence electrons. The summed E-state index contributed by atoms with van der Waals surface area (Å²) in [5.41, 5.74) is 2.51. The Morgan fingerprint density at radius 3 is 2.81 bits per heavy atom. The molecule has 1 aromatic heterocycles. The van der Waals surface area contributed by atoms with E-state index < -0.39 is 0 Å². The Hall–Kier alpha value is -2.30. The Balaban J connectivity index is 1.29. The topological polar surface area (TPSA) is 50.2 Å². The van der Waals surface area contributed by atoms with Crippen molar-refractivity contribution < 1.29 is 4.79 Å². The molecule has 0 bridgehead atoms. The highest BCUT2D eigenvalue weighted by atomic mass is 16.2. The van der Waals surface area contributed by atoms with E-state index in [9.17, 15) is 4.79 Å². The van der Waals surface area contributed by atoms with Gasteiger partial charge >= 0.3 is 6.03 Å². The van der Waals surface area contributed by atoms with E-state index in [0.717, 1.165) is 32.5 Å². The number of piperidine rings is 1. The number of hydrogen-bond acceptors (Lipinski definition) is 2. The van der Waals surface area contributed by atoms with Crippen LogP contribution in [0.25, 0.3) is 0 Å². The smallest absolute Gasteiger partial charge is 0.317 e. The van der Waals surface area contributed by atoms with Gasteiger partial charge in [0.25, 0.3) is 0 Å². The second-order valence-electron chi connectivity index (χ2n) is 8.06. The number of amides is 2. The van der Waals surface area contributed by atoms with Crippen molar-refractivity contribution in [1.82, 2.24) is 19.8 Å². The van der Waals surface area contributed by atoms with Gasteiger partial charge in [-0.05, 0) is 50.5 Å². The van der Waals surface area contributed by atoms with E-state index in [1.165, 1.54) is 36.3 Å². The molecule has 1 unspecified atom stereocenters. The number of carbonyl (C=O) groups excluding carboxylic acids is 1. The Morgan fingerprint density at radius 2 is 2.04 bits per heavy atom. The van der Waals surface area contributed by atoms with Crippen molar-refractivity contribution in [2.24, 2.45) is 5.92 Å². The van der Waals surface area contributed by atoms with Gasteiger partial charge in [-0.25, -0.2) is 9.78 Å². The van der Waals surface area contributed by atoms with Crippen LogP contribution in [-0.2, 0) is 13.0 Å². The normalized spacial score (nSPS) is 19.9. The standard InChI is InChI=1S/C22H30N4O/c1-17-14-24-21(20-9-10-20)26(17)16-19-8-5-13-25(15-19)22(27)23-12-11-18-6-3-2-4-7-18/h2-4,6-7,14,19-20H,5,8-13,15-16H2,1H3,(H,23,27). The van der Waals surface area contributed by atoms with Gasteiger partial charge in [0.15, 0.2) is 0 Å². The average Bonchev–Trinajstić information content (AvgIpc) is 3.47. The van der Waals surface area contributed by atoms with Gasteiger partial charge in [-0.2, -0.15) is 0 Å². The fourth-order valence-electron chi connectivity index (χ4n) is 4.11. The summed E-state index contributed by atoms with van der Waals surface area (Å²) in [5.74, 6) is 2.45. The van der Waals surface area contributed by atoms with Crippen LogP contribution in [0.1, 0.15) is 48.7 Å². The van der Waals surface area contributed by atoms with Crippen molar-refractivity contribution in [1.29, 1.82) is 0 Å².